The molecule has 1 spiro atoms. The SMILES string of the molecule is O=C(O)[C@H]1[C@@H]2C=C[C@@]3(O2)[C@@H]1C(=O)N1CCCO[C@H]13. The third kappa shape index (κ3) is 0.976. The second kappa shape index (κ2) is 3.13. The van der Waals surface area contributed by atoms with Crippen molar-refractivity contribution < 1.29 is 24.2 Å². The van der Waals surface area contributed by atoms with E-state index in [0.717, 1.165) is 6.42 Å². The third-order valence-corrected chi connectivity index (χ3v) is 4.41. The van der Waals surface area contributed by atoms with Crippen LogP contribution in [0.3, 0.4) is 0 Å². The van der Waals surface area contributed by atoms with Gasteiger partial charge >= 0.3 is 5.97 Å². The van der Waals surface area contributed by atoms with E-state index in [-0.39, 0.29) is 5.91 Å². The van der Waals surface area contributed by atoms with Gasteiger partial charge in [-0.25, -0.2) is 0 Å². The summed E-state index contributed by atoms with van der Waals surface area (Å²) in [5.41, 5.74) is -0.870. The van der Waals surface area contributed by atoms with E-state index < -0.39 is 35.7 Å². The monoisotopic (exact) mass is 251 g/mol. The summed E-state index contributed by atoms with van der Waals surface area (Å²) in [5.74, 6) is -2.52. The third-order valence-electron chi connectivity index (χ3n) is 4.41. The van der Waals surface area contributed by atoms with Crippen molar-refractivity contribution in [1.82, 2.24) is 4.90 Å². The molecule has 5 atom stereocenters. The van der Waals surface area contributed by atoms with Crippen LogP contribution in [0.5, 0.6) is 0 Å². The molecule has 1 amide bonds. The first-order chi connectivity index (χ1) is 8.65. The number of aliphatic carboxylic acids is 1. The van der Waals surface area contributed by atoms with Crippen molar-refractivity contribution in [2.24, 2.45) is 11.8 Å². The van der Waals surface area contributed by atoms with E-state index in [9.17, 15) is 14.7 Å². The summed E-state index contributed by atoms with van der Waals surface area (Å²) < 4.78 is 11.5. The molecule has 4 aliphatic heterocycles. The molecule has 1 N–H and O–H groups in total. The van der Waals surface area contributed by atoms with Gasteiger partial charge in [-0.1, -0.05) is 6.08 Å². The Morgan fingerprint density at radius 2 is 2.39 bits per heavy atom. The number of hydrogen-bond donors (Lipinski definition) is 1. The van der Waals surface area contributed by atoms with Crippen molar-refractivity contribution in [3.63, 3.8) is 0 Å². The van der Waals surface area contributed by atoms with Crippen molar-refractivity contribution in [3.05, 3.63) is 12.2 Å². The number of ether oxygens (including phenoxy) is 2. The fourth-order valence-electron chi connectivity index (χ4n) is 3.74. The zero-order valence-corrected chi connectivity index (χ0v) is 9.61. The average molecular weight is 251 g/mol. The molecule has 3 saturated heterocycles. The van der Waals surface area contributed by atoms with Gasteiger partial charge in [0.25, 0.3) is 0 Å². The minimum atomic E-state index is -0.968. The summed E-state index contributed by atoms with van der Waals surface area (Å²) in [7, 11) is 0. The summed E-state index contributed by atoms with van der Waals surface area (Å²) in [5, 5.41) is 9.30. The van der Waals surface area contributed by atoms with Crippen LogP contribution in [-0.4, -0.2) is 53.0 Å². The summed E-state index contributed by atoms with van der Waals surface area (Å²) in [6.45, 7) is 1.21. The summed E-state index contributed by atoms with van der Waals surface area (Å²) in [4.78, 5) is 25.4. The maximum absolute atomic E-state index is 12.4. The molecule has 6 nitrogen and oxygen atoms in total. The first-order valence-electron chi connectivity index (χ1n) is 6.17. The molecule has 3 fully saturated rings. The summed E-state index contributed by atoms with van der Waals surface area (Å²) >= 11 is 0. The number of rotatable bonds is 1. The average Bonchev–Trinajstić information content (AvgIpc) is 2.99. The highest BCUT2D eigenvalue weighted by atomic mass is 16.6. The number of hydrogen-bond acceptors (Lipinski definition) is 4. The number of carboxylic acids is 1. The number of amides is 1. The molecule has 4 rings (SSSR count). The topological polar surface area (TPSA) is 76.1 Å². The first kappa shape index (κ1) is 10.5. The Bertz CT molecular complexity index is 475. The maximum atomic E-state index is 12.4. The smallest absolute Gasteiger partial charge is 0.310 e. The van der Waals surface area contributed by atoms with Gasteiger partial charge in [0.1, 0.15) is 11.5 Å². The van der Waals surface area contributed by atoms with Gasteiger partial charge in [0.05, 0.1) is 18.6 Å². The summed E-state index contributed by atoms with van der Waals surface area (Å²) in [6.07, 6.45) is 3.42. The maximum Gasteiger partial charge on any atom is 0.310 e. The van der Waals surface area contributed by atoms with Crippen LogP contribution in [0.1, 0.15) is 6.42 Å². The standard InChI is InChI=1S/C12H13NO5/c14-9-8-7(10(15)16)6-2-3-12(8,18-6)11-13(9)4-1-5-17-11/h2-3,6-8,11H,1,4-5H2,(H,15,16)/t6-,7-,8-,11-,12+/m0/s1. The fourth-order valence-corrected chi connectivity index (χ4v) is 3.74. The Hall–Kier alpha value is -1.40. The largest absolute Gasteiger partial charge is 0.481 e. The molecule has 18 heavy (non-hydrogen) atoms. The molecule has 0 aromatic heterocycles. The zero-order chi connectivity index (χ0) is 12.5. The van der Waals surface area contributed by atoms with Crippen LogP contribution in [0.4, 0.5) is 0 Å². The second-order valence-corrected chi connectivity index (χ2v) is 5.25. The minimum Gasteiger partial charge on any atom is -0.481 e. The van der Waals surface area contributed by atoms with Gasteiger partial charge in [0.15, 0.2) is 6.23 Å². The fraction of sp³-hybridized carbons (Fsp3) is 0.667. The number of fused-ring (bicyclic) bond motifs is 2. The van der Waals surface area contributed by atoms with Gasteiger partial charge < -0.3 is 19.5 Å². The lowest BCUT2D eigenvalue weighted by atomic mass is 9.76. The van der Waals surface area contributed by atoms with E-state index in [1.165, 1.54) is 0 Å². The number of nitrogens with zero attached hydrogens (tertiary/aromatic N) is 1. The quantitative estimate of drug-likeness (QED) is 0.642. The molecule has 0 unspecified atom stereocenters. The van der Waals surface area contributed by atoms with Gasteiger partial charge in [-0.2, -0.15) is 0 Å². The molecule has 2 bridgehead atoms. The van der Waals surface area contributed by atoms with Gasteiger partial charge in [0.2, 0.25) is 5.91 Å². The van der Waals surface area contributed by atoms with E-state index in [2.05, 4.69) is 0 Å². The predicted molar refractivity (Wildman–Crippen MR) is 57.4 cm³/mol. The molecule has 0 aromatic rings. The van der Waals surface area contributed by atoms with Crippen LogP contribution in [0, 0.1) is 11.8 Å². The molecule has 6 heteroatoms. The first-order valence-corrected chi connectivity index (χ1v) is 6.17. The van der Waals surface area contributed by atoms with Gasteiger partial charge in [-0.05, 0) is 12.5 Å². The highest BCUT2D eigenvalue weighted by Gasteiger charge is 2.72. The molecular formula is C12H13NO5. The highest BCUT2D eigenvalue weighted by Crippen LogP contribution is 2.55. The molecule has 0 aliphatic carbocycles. The number of carboxylic acid groups (broad SMARTS) is 1. The molecular weight excluding hydrogens is 238 g/mol. The van der Waals surface area contributed by atoms with Crippen molar-refractivity contribution >= 4 is 11.9 Å². The number of carbonyl (C=O) groups excluding carboxylic acids is 1. The second-order valence-electron chi connectivity index (χ2n) is 5.25. The van der Waals surface area contributed by atoms with E-state index >= 15 is 0 Å². The van der Waals surface area contributed by atoms with E-state index in [1.54, 1.807) is 11.0 Å². The van der Waals surface area contributed by atoms with Crippen LogP contribution < -0.4 is 0 Å². The van der Waals surface area contributed by atoms with Crippen LogP contribution >= 0.6 is 0 Å². The molecule has 4 heterocycles. The van der Waals surface area contributed by atoms with Crippen molar-refractivity contribution in [3.8, 4) is 0 Å². The zero-order valence-electron chi connectivity index (χ0n) is 9.61. The normalized spacial score (nSPS) is 48.4. The van der Waals surface area contributed by atoms with E-state index in [0.29, 0.717) is 13.2 Å². The van der Waals surface area contributed by atoms with Gasteiger partial charge in [-0.3, -0.25) is 9.59 Å². The lowest BCUT2D eigenvalue weighted by molar-refractivity contribution is -0.168. The van der Waals surface area contributed by atoms with Crippen molar-refractivity contribution in [2.45, 2.75) is 24.4 Å². The molecule has 4 aliphatic rings. The molecule has 0 saturated carbocycles. The lowest BCUT2D eigenvalue weighted by Gasteiger charge is -2.36. The molecule has 0 aromatic carbocycles. The van der Waals surface area contributed by atoms with E-state index in [1.807, 2.05) is 6.08 Å². The van der Waals surface area contributed by atoms with Crippen LogP contribution in [-0.2, 0) is 19.1 Å². The predicted octanol–water partition coefficient (Wildman–Crippen LogP) is -0.401. The lowest BCUT2D eigenvalue weighted by Crippen LogP contribution is -2.49. The number of carbonyl (C=O) groups is 2. The van der Waals surface area contributed by atoms with Crippen LogP contribution in [0.2, 0.25) is 0 Å². The van der Waals surface area contributed by atoms with Crippen molar-refractivity contribution in [2.75, 3.05) is 13.2 Å². The summed E-state index contributed by atoms with van der Waals surface area (Å²) in [6, 6.07) is 0. The Labute approximate surface area is 103 Å². The Balaban J connectivity index is 1.82. The minimum absolute atomic E-state index is 0.140. The van der Waals surface area contributed by atoms with E-state index in [4.69, 9.17) is 9.47 Å². The van der Waals surface area contributed by atoms with Crippen LogP contribution in [0.25, 0.3) is 0 Å². The Morgan fingerprint density at radius 3 is 3.17 bits per heavy atom. The Kier molecular flexibility index (Phi) is 1.83. The van der Waals surface area contributed by atoms with Crippen molar-refractivity contribution in [1.29, 1.82) is 0 Å². The van der Waals surface area contributed by atoms with Gasteiger partial charge in [-0.15, -0.1) is 0 Å². The highest BCUT2D eigenvalue weighted by molar-refractivity contribution is 5.91. The Morgan fingerprint density at radius 1 is 1.56 bits per heavy atom. The molecule has 96 valence electrons. The van der Waals surface area contributed by atoms with Gasteiger partial charge in [0, 0.05) is 6.54 Å². The molecule has 0 radical (unpaired) electrons. The van der Waals surface area contributed by atoms with Crippen LogP contribution in [0.15, 0.2) is 12.2 Å².